The Morgan fingerprint density at radius 3 is 2.55 bits per heavy atom. The van der Waals surface area contributed by atoms with E-state index >= 15 is 0 Å². The lowest BCUT2D eigenvalue weighted by molar-refractivity contribution is -0.121. The van der Waals surface area contributed by atoms with Gasteiger partial charge in [0.15, 0.2) is 5.78 Å². The summed E-state index contributed by atoms with van der Waals surface area (Å²) in [6, 6.07) is 22.2. The van der Waals surface area contributed by atoms with Gasteiger partial charge in [-0.05, 0) is 54.6 Å². The van der Waals surface area contributed by atoms with E-state index in [9.17, 15) is 9.59 Å². The number of hydrogen-bond donors (Lipinski definition) is 1. The first-order valence-electron chi connectivity index (χ1n) is 13.5. The van der Waals surface area contributed by atoms with E-state index in [2.05, 4.69) is 41.1 Å². The fourth-order valence-electron chi connectivity index (χ4n) is 4.94. The third kappa shape index (κ3) is 6.66. The van der Waals surface area contributed by atoms with Gasteiger partial charge in [0.05, 0.1) is 12.5 Å². The molecule has 0 spiro atoms. The SMILES string of the molecule is CC(C)(C)c1ccc(C(=O)c2cccc(NC(=O)C3CCCN(Cc4nc(-c5cccc(Cl)c5)no4)C3)c2)cc1. The number of carbonyl (C=O) groups excluding carboxylic acids is 2. The molecule has 1 amide bonds. The second-order valence-corrected chi connectivity index (χ2v) is 11.8. The molecule has 0 aliphatic carbocycles. The number of halogens is 1. The van der Waals surface area contributed by atoms with Gasteiger partial charge in [-0.1, -0.05) is 86.1 Å². The Hall–Kier alpha value is -3.81. The van der Waals surface area contributed by atoms with Crippen LogP contribution in [0.1, 0.15) is 61.0 Å². The zero-order valence-corrected chi connectivity index (χ0v) is 23.7. The maximum atomic E-state index is 13.2. The number of likely N-dealkylation sites (tertiary alicyclic amines) is 1. The topological polar surface area (TPSA) is 88.3 Å². The van der Waals surface area contributed by atoms with Crippen LogP contribution in [0.25, 0.3) is 11.4 Å². The normalized spacial score (nSPS) is 16.1. The molecule has 0 radical (unpaired) electrons. The molecule has 3 aromatic carbocycles. The van der Waals surface area contributed by atoms with Gasteiger partial charge in [0.25, 0.3) is 0 Å². The summed E-state index contributed by atoms with van der Waals surface area (Å²) in [4.78, 5) is 33.0. The molecule has 0 bridgehead atoms. The fourth-order valence-corrected chi connectivity index (χ4v) is 5.13. The Labute approximate surface area is 239 Å². The number of rotatable bonds is 7. The van der Waals surface area contributed by atoms with E-state index in [1.54, 1.807) is 30.3 Å². The molecule has 8 heteroatoms. The minimum Gasteiger partial charge on any atom is -0.338 e. The highest BCUT2D eigenvalue weighted by Crippen LogP contribution is 2.25. The van der Waals surface area contributed by atoms with Gasteiger partial charge < -0.3 is 9.84 Å². The predicted molar refractivity (Wildman–Crippen MR) is 156 cm³/mol. The fraction of sp³-hybridized carbons (Fsp3) is 0.312. The van der Waals surface area contributed by atoms with Crippen LogP contribution in [0.2, 0.25) is 5.02 Å². The van der Waals surface area contributed by atoms with Gasteiger partial charge in [-0.3, -0.25) is 14.5 Å². The van der Waals surface area contributed by atoms with Crippen molar-refractivity contribution in [3.05, 3.63) is 100 Å². The minimum atomic E-state index is -0.187. The molecule has 1 N–H and O–H groups in total. The maximum Gasteiger partial charge on any atom is 0.241 e. The lowest BCUT2D eigenvalue weighted by Crippen LogP contribution is -2.40. The van der Waals surface area contributed by atoms with Crippen molar-refractivity contribution in [2.75, 3.05) is 18.4 Å². The Balaban J connectivity index is 1.20. The van der Waals surface area contributed by atoms with E-state index in [1.165, 1.54) is 5.56 Å². The number of carbonyl (C=O) groups is 2. The van der Waals surface area contributed by atoms with Crippen LogP contribution < -0.4 is 5.32 Å². The molecule has 1 aliphatic heterocycles. The van der Waals surface area contributed by atoms with E-state index in [4.69, 9.17) is 16.1 Å². The molecule has 1 aromatic heterocycles. The van der Waals surface area contributed by atoms with Crippen LogP contribution in [0.4, 0.5) is 5.69 Å². The number of aromatic nitrogens is 2. The third-order valence-electron chi connectivity index (χ3n) is 7.19. The molecule has 7 nitrogen and oxygen atoms in total. The van der Waals surface area contributed by atoms with E-state index < -0.39 is 0 Å². The van der Waals surface area contributed by atoms with Crippen molar-refractivity contribution in [1.29, 1.82) is 0 Å². The first-order chi connectivity index (χ1) is 19.2. The van der Waals surface area contributed by atoms with Crippen molar-refractivity contribution in [3.8, 4) is 11.4 Å². The number of hydrogen-bond acceptors (Lipinski definition) is 6. The van der Waals surface area contributed by atoms with Crippen LogP contribution in [-0.4, -0.2) is 39.8 Å². The van der Waals surface area contributed by atoms with Crippen molar-refractivity contribution < 1.29 is 14.1 Å². The van der Waals surface area contributed by atoms with E-state index in [0.29, 0.717) is 46.6 Å². The smallest absolute Gasteiger partial charge is 0.241 e. The Kier molecular flexibility index (Phi) is 8.14. The van der Waals surface area contributed by atoms with Gasteiger partial charge in [0.2, 0.25) is 17.6 Å². The monoisotopic (exact) mass is 556 g/mol. The van der Waals surface area contributed by atoms with Gasteiger partial charge in [0.1, 0.15) is 0 Å². The number of ketones is 1. The largest absolute Gasteiger partial charge is 0.338 e. The standard InChI is InChI=1S/C32H33ClN4O3/c1-32(2,3)25-14-12-21(13-15-25)29(38)22-7-5-11-27(18-22)34-31(39)24-9-6-16-37(19-24)20-28-35-30(36-40-28)23-8-4-10-26(33)17-23/h4-5,7-8,10-15,17-18,24H,6,9,16,19-20H2,1-3H3,(H,34,39). The van der Waals surface area contributed by atoms with Crippen molar-refractivity contribution in [1.82, 2.24) is 15.0 Å². The summed E-state index contributed by atoms with van der Waals surface area (Å²) in [5.74, 6) is 0.667. The van der Waals surface area contributed by atoms with E-state index in [0.717, 1.165) is 24.9 Å². The molecule has 1 atom stereocenters. The Bertz CT molecular complexity index is 1510. The lowest BCUT2D eigenvalue weighted by Gasteiger charge is -2.30. The first kappa shape index (κ1) is 27.7. The number of anilines is 1. The van der Waals surface area contributed by atoms with E-state index in [1.807, 2.05) is 42.5 Å². The van der Waals surface area contributed by atoms with Crippen LogP contribution in [-0.2, 0) is 16.8 Å². The summed E-state index contributed by atoms with van der Waals surface area (Å²) in [5.41, 5.74) is 3.76. The van der Waals surface area contributed by atoms with Crippen molar-refractivity contribution in [2.45, 2.75) is 45.6 Å². The number of nitrogens with one attached hydrogen (secondary N) is 1. The highest BCUT2D eigenvalue weighted by molar-refractivity contribution is 6.30. The predicted octanol–water partition coefficient (Wildman–Crippen LogP) is 6.77. The number of nitrogens with zero attached hydrogens (tertiary/aromatic N) is 3. The van der Waals surface area contributed by atoms with Crippen LogP contribution in [0.15, 0.2) is 77.3 Å². The summed E-state index contributed by atoms with van der Waals surface area (Å²) < 4.78 is 5.47. The van der Waals surface area contributed by atoms with Crippen molar-refractivity contribution >= 4 is 29.0 Å². The highest BCUT2D eigenvalue weighted by Gasteiger charge is 2.27. The van der Waals surface area contributed by atoms with Crippen LogP contribution in [0.5, 0.6) is 0 Å². The molecule has 1 fully saturated rings. The summed E-state index contributed by atoms with van der Waals surface area (Å²) in [7, 11) is 0. The van der Waals surface area contributed by atoms with Gasteiger partial charge >= 0.3 is 0 Å². The second kappa shape index (κ2) is 11.7. The molecule has 1 unspecified atom stereocenters. The number of amides is 1. The van der Waals surface area contributed by atoms with Gasteiger partial charge in [-0.2, -0.15) is 4.98 Å². The Morgan fingerprint density at radius 1 is 1.02 bits per heavy atom. The van der Waals surface area contributed by atoms with Crippen molar-refractivity contribution in [3.63, 3.8) is 0 Å². The van der Waals surface area contributed by atoms with Gasteiger partial charge in [0, 0.05) is 33.9 Å². The molecule has 1 saturated heterocycles. The molecule has 4 aromatic rings. The average Bonchev–Trinajstić information content (AvgIpc) is 3.41. The molecule has 0 saturated carbocycles. The maximum absolute atomic E-state index is 13.2. The van der Waals surface area contributed by atoms with Gasteiger partial charge in [-0.25, -0.2) is 0 Å². The van der Waals surface area contributed by atoms with Crippen molar-refractivity contribution in [2.24, 2.45) is 5.92 Å². The molecule has 206 valence electrons. The molecular formula is C32H33ClN4O3. The Morgan fingerprint density at radius 2 is 1.80 bits per heavy atom. The van der Waals surface area contributed by atoms with Crippen LogP contribution >= 0.6 is 11.6 Å². The van der Waals surface area contributed by atoms with E-state index in [-0.39, 0.29) is 23.0 Å². The second-order valence-electron chi connectivity index (χ2n) is 11.3. The first-order valence-corrected chi connectivity index (χ1v) is 13.9. The highest BCUT2D eigenvalue weighted by atomic mass is 35.5. The zero-order chi connectivity index (χ0) is 28.3. The number of benzene rings is 3. The summed E-state index contributed by atoms with van der Waals surface area (Å²) in [6.07, 6.45) is 1.68. The molecular weight excluding hydrogens is 524 g/mol. The molecule has 40 heavy (non-hydrogen) atoms. The zero-order valence-electron chi connectivity index (χ0n) is 23.0. The van der Waals surface area contributed by atoms with Gasteiger partial charge in [-0.15, -0.1) is 0 Å². The third-order valence-corrected chi connectivity index (χ3v) is 7.43. The average molecular weight is 557 g/mol. The summed E-state index contributed by atoms with van der Waals surface area (Å²) in [6.45, 7) is 8.33. The molecule has 2 heterocycles. The molecule has 1 aliphatic rings. The van der Waals surface area contributed by atoms with Crippen LogP contribution in [0.3, 0.4) is 0 Å². The van der Waals surface area contributed by atoms with Crippen LogP contribution in [0, 0.1) is 5.92 Å². The lowest BCUT2D eigenvalue weighted by atomic mass is 9.86. The summed E-state index contributed by atoms with van der Waals surface area (Å²) >= 11 is 6.08. The minimum absolute atomic E-state index is 0.0196. The quantitative estimate of drug-likeness (QED) is 0.253. The molecule has 5 rings (SSSR count). The number of piperidine rings is 1. The summed E-state index contributed by atoms with van der Waals surface area (Å²) in [5, 5.41) is 7.71.